The van der Waals surface area contributed by atoms with Crippen LogP contribution in [0.25, 0.3) is 0 Å². The van der Waals surface area contributed by atoms with Crippen molar-refractivity contribution in [3.63, 3.8) is 0 Å². The summed E-state index contributed by atoms with van der Waals surface area (Å²) in [6.07, 6.45) is 0.0524. The van der Waals surface area contributed by atoms with Crippen LogP contribution in [0.5, 0.6) is 0 Å². The Hall–Kier alpha value is -2.93. The molecule has 0 aromatic heterocycles. The van der Waals surface area contributed by atoms with Gasteiger partial charge in [-0.15, -0.1) is 0 Å². The van der Waals surface area contributed by atoms with E-state index in [9.17, 15) is 18.8 Å². The van der Waals surface area contributed by atoms with E-state index in [1.54, 1.807) is 24.3 Å². The number of carbonyl (C=O) groups is 3. The molecule has 0 radical (unpaired) electrons. The van der Waals surface area contributed by atoms with Crippen molar-refractivity contribution in [2.75, 3.05) is 22.1 Å². The molecule has 0 spiro atoms. The number of para-hydroxylation sites is 1. The molecule has 1 saturated heterocycles. The highest BCUT2D eigenvalue weighted by molar-refractivity contribution is 6.33. The Kier molecular flexibility index (Phi) is 5.41. The maximum absolute atomic E-state index is 13.7. The van der Waals surface area contributed by atoms with Crippen molar-refractivity contribution >= 4 is 46.4 Å². The van der Waals surface area contributed by atoms with Gasteiger partial charge < -0.3 is 15.5 Å². The SMILES string of the molecule is CC(=O)Nc1cc(NC(=O)C2CC(=O)N(c3ccccc3Cl)C2)ccc1F. The van der Waals surface area contributed by atoms with Crippen LogP contribution in [-0.4, -0.2) is 24.3 Å². The van der Waals surface area contributed by atoms with E-state index in [1.807, 2.05) is 0 Å². The number of rotatable bonds is 4. The Balaban J connectivity index is 1.71. The van der Waals surface area contributed by atoms with Gasteiger partial charge in [-0.2, -0.15) is 0 Å². The smallest absolute Gasteiger partial charge is 0.229 e. The van der Waals surface area contributed by atoms with Gasteiger partial charge in [0, 0.05) is 25.6 Å². The molecular weight excluding hydrogens is 373 g/mol. The number of halogens is 2. The zero-order valence-corrected chi connectivity index (χ0v) is 15.2. The van der Waals surface area contributed by atoms with Gasteiger partial charge in [-0.05, 0) is 30.3 Å². The molecule has 6 nitrogen and oxygen atoms in total. The number of hydrogen-bond donors (Lipinski definition) is 2. The molecule has 0 saturated carbocycles. The first-order valence-electron chi connectivity index (χ1n) is 8.28. The van der Waals surface area contributed by atoms with Crippen molar-refractivity contribution in [2.45, 2.75) is 13.3 Å². The highest BCUT2D eigenvalue weighted by Gasteiger charge is 2.35. The molecule has 140 valence electrons. The predicted molar refractivity (Wildman–Crippen MR) is 101 cm³/mol. The number of carbonyl (C=O) groups excluding carboxylic acids is 3. The monoisotopic (exact) mass is 389 g/mol. The topological polar surface area (TPSA) is 78.5 Å². The summed E-state index contributed by atoms with van der Waals surface area (Å²) >= 11 is 6.14. The second kappa shape index (κ2) is 7.75. The van der Waals surface area contributed by atoms with Gasteiger partial charge in [-0.25, -0.2) is 4.39 Å². The molecule has 8 heteroatoms. The number of hydrogen-bond acceptors (Lipinski definition) is 3. The van der Waals surface area contributed by atoms with E-state index in [-0.39, 0.29) is 30.5 Å². The third kappa shape index (κ3) is 4.25. The van der Waals surface area contributed by atoms with Crippen LogP contribution in [0.4, 0.5) is 21.5 Å². The minimum Gasteiger partial charge on any atom is -0.326 e. The molecule has 3 amide bonds. The summed E-state index contributed by atoms with van der Waals surface area (Å²) in [7, 11) is 0. The summed E-state index contributed by atoms with van der Waals surface area (Å²) in [5, 5.41) is 5.45. The van der Waals surface area contributed by atoms with E-state index in [4.69, 9.17) is 11.6 Å². The summed E-state index contributed by atoms with van der Waals surface area (Å²) in [6.45, 7) is 1.46. The lowest BCUT2D eigenvalue weighted by Gasteiger charge is -2.18. The van der Waals surface area contributed by atoms with Crippen LogP contribution in [-0.2, 0) is 14.4 Å². The Bertz CT molecular complexity index is 919. The molecule has 1 heterocycles. The summed E-state index contributed by atoms with van der Waals surface area (Å²) in [5.41, 5.74) is 0.864. The molecule has 1 aliphatic heterocycles. The van der Waals surface area contributed by atoms with Crippen LogP contribution in [0.1, 0.15) is 13.3 Å². The molecule has 2 N–H and O–H groups in total. The second-order valence-corrected chi connectivity index (χ2v) is 6.63. The number of amides is 3. The van der Waals surface area contributed by atoms with Gasteiger partial charge in [0.15, 0.2) is 0 Å². The average Bonchev–Trinajstić information content (AvgIpc) is 2.99. The van der Waals surface area contributed by atoms with Crippen molar-refractivity contribution in [3.05, 3.63) is 53.3 Å². The van der Waals surface area contributed by atoms with E-state index < -0.39 is 17.6 Å². The number of anilines is 3. The normalized spacial score (nSPS) is 16.3. The van der Waals surface area contributed by atoms with Crippen molar-refractivity contribution in [3.8, 4) is 0 Å². The van der Waals surface area contributed by atoms with Gasteiger partial charge in [0.05, 0.1) is 22.3 Å². The quantitative estimate of drug-likeness (QED) is 0.840. The molecule has 1 aliphatic rings. The zero-order valence-electron chi connectivity index (χ0n) is 14.5. The summed E-state index contributed by atoms with van der Waals surface area (Å²) in [4.78, 5) is 37.5. The average molecular weight is 390 g/mol. The van der Waals surface area contributed by atoms with Gasteiger partial charge in [0.2, 0.25) is 17.7 Å². The molecule has 1 unspecified atom stereocenters. The molecule has 1 fully saturated rings. The van der Waals surface area contributed by atoms with Crippen LogP contribution < -0.4 is 15.5 Å². The van der Waals surface area contributed by atoms with E-state index >= 15 is 0 Å². The first kappa shape index (κ1) is 18.8. The lowest BCUT2D eigenvalue weighted by molar-refractivity contribution is -0.122. The van der Waals surface area contributed by atoms with E-state index in [1.165, 1.54) is 24.0 Å². The van der Waals surface area contributed by atoms with Gasteiger partial charge >= 0.3 is 0 Å². The molecular formula is C19H17ClFN3O3. The highest BCUT2D eigenvalue weighted by Crippen LogP contribution is 2.31. The molecule has 0 bridgehead atoms. The number of benzene rings is 2. The summed E-state index contributed by atoms with van der Waals surface area (Å²) in [6, 6.07) is 10.8. The fourth-order valence-electron chi connectivity index (χ4n) is 2.92. The maximum Gasteiger partial charge on any atom is 0.229 e. The molecule has 0 aliphatic carbocycles. The Morgan fingerprint density at radius 3 is 2.63 bits per heavy atom. The standard InChI is InChI=1S/C19H17ClFN3O3/c1-11(25)22-16-9-13(6-7-15(16)21)23-19(27)12-8-18(26)24(10-12)17-5-3-2-4-14(17)20/h2-7,9,12H,8,10H2,1H3,(H,22,25)(H,23,27). The van der Waals surface area contributed by atoms with Crippen LogP contribution in [0, 0.1) is 11.7 Å². The Labute approximate surface area is 160 Å². The number of nitrogens with one attached hydrogen (secondary N) is 2. The molecule has 1 atom stereocenters. The van der Waals surface area contributed by atoms with Crippen LogP contribution in [0.2, 0.25) is 5.02 Å². The van der Waals surface area contributed by atoms with Crippen molar-refractivity contribution in [1.29, 1.82) is 0 Å². The lowest BCUT2D eigenvalue weighted by atomic mass is 10.1. The Morgan fingerprint density at radius 2 is 1.93 bits per heavy atom. The minimum absolute atomic E-state index is 0.0273. The summed E-state index contributed by atoms with van der Waals surface area (Å²) in [5.74, 6) is -2.15. The highest BCUT2D eigenvalue weighted by atomic mass is 35.5. The van der Waals surface area contributed by atoms with Crippen LogP contribution in [0.3, 0.4) is 0 Å². The third-order valence-electron chi connectivity index (χ3n) is 4.18. The van der Waals surface area contributed by atoms with Gasteiger partial charge in [0.25, 0.3) is 0 Å². The van der Waals surface area contributed by atoms with Crippen molar-refractivity contribution in [2.24, 2.45) is 5.92 Å². The van der Waals surface area contributed by atoms with Gasteiger partial charge in [-0.1, -0.05) is 23.7 Å². The predicted octanol–water partition coefficient (Wildman–Crippen LogP) is 3.43. The van der Waals surface area contributed by atoms with Crippen LogP contribution in [0.15, 0.2) is 42.5 Å². The van der Waals surface area contributed by atoms with Gasteiger partial charge in [-0.3, -0.25) is 14.4 Å². The molecule has 2 aromatic carbocycles. The van der Waals surface area contributed by atoms with Crippen molar-refractivity contribution < 1.29 is 18.8 Å². The second-order valence-electron chi connectivity index (χ2n) is 6.22. The first-order chi connectivity index (χ1) is 12.8. The summed E-state index contributed by atoms with van der Waals surface area (Å²) < 4.78 is 13.7. The first-order valence-corrected chi connectivity index (χ1v) is 8.66. The molecule has 3 rings (SSSR count). The van der Waals surface area contributed by atoms with E-state index in [2.05, 4.69) is 10.6 Å². The fourth-order valence-corrected chi connectivity index (χ4v) is 3.16. The Morgan fingerprint density at radius 1 is 1.19 bits per heavy atom. The minimum atomic E-state index is -0.607. The fraction of sp³-hybridized carbons (Fsp3) is 0.211. The lowest BCUT2D eigenvalue weighted by Crippen LogP contribution is -2.28. The third-order valence-corrected chi connectivity index (χ3v) is 4.50. The maximum atomic E-state index is 13.7. The molecule has 2 aromatic rings. The largest absolute Gasteiger partial charge is 0.326 e. The molecule has 27 heavy (non-hydrogen) atoms. The van der Waals surface area contributed by atoms with Crippen molar-refractivity contribution in [1.82, 2.24) is 0 Å². The van der Waals surface area contributed by atoms with Gasteiger partial charge in [0.1, 0.15) is 5.82 Å². The number of nitrogens with zero attached hydrogens (tertiary/aromatic N) is 1. The van der Waals surface area contributed by atoms with E-state index in [0.717, 1.165) is 6.07 Å². The van der Waals surface area contributed by atoms with E-state index in [0.29, 0.717) is 16.4 Å². The van der Waals surface area contributed by atoms with Crippen LogP contribution >= 0.6 is 11.6 Å². The zero-order chi connectivity index (χ0) is 19.6.